The van der Waals surface area contributed by atoms with Gasteiger partial charge in [0.05, 0.1) is 13.2 Å². The molecule has 1 fully saturated rings. The molecule has 1 aliphatic rings. The number of hydrogen-bond acceptors (Lipinski definition) is 6. The largest absolute Gasteiger partial charge is 0.399 e. The highest BCUT2D eigenvalue weighted by Crippen LogP contribution is 2.30. The first kappa shape index (κ1) is 17.0. The summed E-state index contributed by atoms with van der Waals surface area (Å²) < 4.78 is 0. The molecule has 2 unspecified atom stereocenters. The number of anilines is 2. The summed E-state index contributed by atoms with van der Waals surface area (Å²) in [6.45, 7) is 3.30. The van der Waals surface area contributed by atoms with Crippen molar-refractivity contribution in [3.05, 3.63) is 24.3 Å². The first-order chi connectivity index (χ1) is 10.8. The highest BCUT2D eigenvalue weighted by molar-refractivity contribution is 5.55. The minimum atomic E-state index is 0.163. The molecule has 0 aromatic heterocycles. The Morgan fingerprint density at radius 1 is 0.955 bits per heavy atom. The monoisotopic (exact) mass is 308 g/mol. The van der Waals surface area contributed by atoms with E-state index in [1.807, 2.05) is 12.1 Å². The molecule has 1 saturated heterocycles. The second-order valence-electron chi connectivity index (χ2n) is 5.74. The second-order valence-corrected chi connectivity index (χ2v) is 5.74. The van der Waals surface area contributed by atoms with Gasteiger partial charge in [0.1, 0.15) is 0 Å². The fourth-order valence-electron chi connectivity index (χ4n) is 3.13. The van der Waals surface area contributed by atoms with E-state index >= 15 is 0 Å². The lowest BCUT2D eigenvalue weighted by Gasteiger charge is -2.33. The minimum absolute atomic E-state index is 0.163. The Bertz CT molecular complexity index is 409. The van der Waals surface area contributed by atoms with E-state index in [0.717, 1.165) is 31.6 Å². The Labute approximate surface area is 132 Å². The molecule has 2 rings (SSSR count). The van der Waals surface area contributed by atoms with Crippen LogP contribution in [-0.2, 0) is 0 Å². The molecule has 0 amide bonds. The Morgan fingerprint density at radius 3 is 1.91 bits per heavy atom. The number of nitrogen functional groups attached to an aromatic ring is 1. The van der Waals surface area contributed by atoms with Crippen molar-refractivity contribution in [2.75, 3.05) is 50.0 Å². The molecule has 22 heavy (non-hydrogen) atoms. The normalized spacial score (nSPS) is 21.5. The van der Waals surface area contributed by atoms with Crippen molar-refractivity contribution < 1.29 is 10.2 Å². The maximum atomic E-state index is 8.93. The number of aliphatic hydroxyl groups excluding tert-OH is 2. The Kier molecular flexibility index (Phi) is 6.92. The Morgan fingerprint density at radius 2 is 1.45 bits per heavy atom. The SMILES string of the molecule is Nc1ccc(N2C(CNCCO)CCC2CNCCO)cc1. The highest BCUT2D eigenvalue weighted by Gasteiger charge is 2.32. The number of nitrogens with one attached hydrogen (secondary N) is 2. The smallest absolute Gasteiger partial charge is 0.0555 e. The first-order valence-corrected chi connectivity index (χ1v) is 8.03. The number of hydrogen-bond donors (Lipinski definition) is 5. The molecular weight excluding hydrogens is 280 g/mol. The van der Waals surface area contributed by atoms with Crippen molar-refractivity contribution in [1.82, 2.24) is 10.6 Å². The zero-order valence-corrected chi connectivity index (χ0v) is 13.0. The van der Waals surface area contributed by atoms with Gasteiger partial charge in [-0.25, -0.2) is 0 Å². The number of nitrogens with two attached hydrogens (primary N) is 1. The lowest BCUT2D eigenvalue weighted by molar-refractivity contribution is 0.290. The van der Waals surface area contributed by atoms with Crippen LogP contribution in [0.3, 0.4) is 0 Å². The van der Waals surface area contributed by atoms with Gasteiger partial charge in [0, 0.05) is 49.6 Å². The number of rotatable bonds is 9. The van der Waals surface area contributed by atoms with E-state index in [9.17, 15) is 0 Å². The Hall–Kier alpha value is -1.34. The van der Waals surface area contributed by atoms with E-state index in [4.69, 9.17) is 15.9 Å². The third-order valence-corrected chi connectivity index (χ3v) is 4.15. The predicted octanol–water partition coefficient (Wildman–Crippen LogP) is -0.230. The van der Waals surface area contributed by atoms with E-state index in [-0.39, 0.29) is 13.2 Å². The van der Waals surface area contributed by atoms with Gasteiger partial charge in [-0.1, -0.05) is 0 Å². The van der Waals surface area contributed by atoms with Crippen LogP contribution < -0.4 is 21.3 Å². The van der Waals surface area contributed by atoms with Gasteiger partial charge in [-0.2, -0.15) is 0 Å². The molecule has 0 radical (unpaired) electrons. The Balaban J connectivity index is 2.04. The summed E-state index contributed by atoms with van der Waals surface area (Å²) in [6, 6.07) is 8.83. The predicted molar refractivity (Wildman–Crippen MR) is 90.1 cm³/mol. The fraction of sp³-hybridized carbons (Fsp3) is 0.625. The molecule has 0 saturated carbocycles. The maximum absolute atomic E-state index is 8.93. The molecule has 6 nitrogen and oxygen atoms in total. The van der Waals surface area contributed by atoms with Gasteiger partial charge in [0.15, 0.2) is 0 Å². The van der Waals surface area contributed by atoms with Gasteiger partial charge in [-0.3, -0.25) is 0 Å². The summed E-state index contributed by atoms with van der Waals surface area (Å²) in [4.78, 5) is 2.44. The molecule has 1 heterocycles. The van der Waals surface area contributed by atoms with E-state index < -0.39 is 0 Å². The summed E-state index contributed by atoms with van der Waals surface area (Å²) in [7, 11) is 0. The number of nitrogens with zero attached hydrogens (tertiary/aromatic N) is 1. The molecule has 0 bridgehead atoms. The lowest BCUT2D eigenvalue weighted by Crippen LogP contribution is -2.46. The topological polar surface area (TPSA) is 93.8 Å². The van der Waals surface area contributed by atoms with Crippen molar-refractivity contribution in [3.8, 4) is 0 Å². The third-order valence-electron chi connectivity index (χ3n) is 4.15. The quantitative estimate of drug-likeness (QED) is 0.320. The second kappa shape index (κ2) is 8.95. The summed E-state index contributed by atoms with van der Waals surface area (Å²) in [6.07, 6.45) is 2.24. The maximum Gasteiger partial charge on any atom is 0.0555 e. The molecule has 6 N–H and O–H groups in total. The summed E-state index contributed by atoms with van der Waals surface area (Å²) >= 11 is 0. The number of aliphatic hydroxyl groups is 2. The van der Waals surface area contributed by atoms with Crippen LogP contribution in [0.2, 0.25) is 0 Å². The average molecular weight is 308 g/mol. The van der Waals surface area contributed by atoms with Crippen LogP contribution in [0.1, 0.15) is 12.8 Å². The van der Waals surface area contributed by atoms with Gasteiger partial charge in [0.2, 0.25) is 0 Å². The van der Waals surface area contributed by atoms with E-state index in [1.165, 1.54) is 5.69 Å². The summed E-state index contributed by atoms with van der Waals surface area (Å²) in [5.74, 6) is 0. The molecule has 0 spiro atoms. The van der Waals surface area contributed by atoms with Crippen molar-refractivity contribution in [2.24, 2.45) is 0 Å². The zero-order valence-electron chi connectivity index (χ0n) is 13.0. The first-order valence-electron chi connectivity index (χ1n) is 8.03. The average Bonchev–Trinajstić information content (AvgIpc) is 2.92. The van der Waals surface area contributed by atoms with Crippen molar-refractivity contribution in [2.45, 2.75) is 24.9 Å². The van der Waals surface area contributed by atoms with Crippen LogP contribution in [-0.4, -0.2) is 61.7 Å². The highest BCUT2D eigenvalue weighted by atomic mass is 16.3. The third kappa shape index (κ3) is 4.58. The number of benzene rings is 1. The van der Waals surface area contributed by atoms with Crippen molar-refractivity contribution in [3.63, 3.8) is 0 Å². The zero-order chi connectivity index (χ0) is 15.8. The van der Waals surface area contributed by atoms with Crippen LogP contribution in [0.15, 0.2) is 24.3 Å². The van der Waals surface area contributed by atoms with Crippen molar-refractivity contribution in [1.29, 1.82) is 0 Å². The standard InChI is InChI=1S/C16H28N4O2/c17-13-1-3-14(4-2-13)20-15(11-18-7-9-21)5-6-16(20)12-19-8-10-22/h1-4,15-16,18-19,21-22H,5-12,17H2. The molecule has 1 aromatic carbocycles. The molecule has 1 aromatic rings. The van der Waals surface area contributed by atoms with Crippen LogP contribution >= 0.6 is 0 Å². The minimum Gasteiger partial charge on any atom is -0.399 e. The fourth-order valence-corrected chi connectivity index (χ4v) is 3.13. The summed E-state index contributed by atoms with van der Waals surface area (Å²) in [5.41, 5.74) is 7.74. The lowest BCUT2D eigenvalue weighted by atomic mass is 10.2. The molecule has 1 aliphatic heterocycles. The van der Waals surface area contributed by atoms with E-state index in [1.54, 1.807) is 0 Å². The van der Waals surface area contributed by atoms with Gasteiger partial charge < -0.3 is 31.5 Å². The molecular formula is C16H28N4O2. The van der Waals surface area contributed by atoms with Gasteiger partial charge >= 0.3 is 0 Å². The van der Waals surface area contributed by atoms with Crippen LogP contribution in [0.25, 0.3) is 0 Å². The summed E-state index contributed by atoms with van der Waals surface area (Å²) in [5, 5.41) is 24.4. The molecule has 124 valence electrons. The van der Waals surface area contributed by atoms with E-state index in [2.05, 4.69) is 27.7 Å². The van der Waals surface area contributed by atoms with Crippen LogP contribution in [0, 0.1) is 0 Å². The van der Waals surface area contributed by atoms with Crippen LogP contribution in [0.4, 0.5) is 11.4 Å². The van der Waals surface area contributed by atoms with Crippen LogP contribution in [0.5, 0.6) is 0 Å². The van der Waals surface area contributed by atoms with Crippen molar-refractivity contribution >= 4 is 11.4 Å². The van der Waals surface area contributed by atoms with Gasteiger partial charge in [-0.15, -0.1) is 0 Å². The molecule has 0 aliphatic carbocycles. The van der Waals surface area contributed by atoms with Gasteiger partial charge in [0.25, 0.3) is 0 Å². The molecule has 6 heteroatoms. The van der Waals surface area contributed by atoms with E-state index in [0.29, 0.717) is 25.2 Å². The van der Waals surface area contributed by atoms with Gasteiger partial charge in [-0.05, 0) is 37.1 Å². The molecule has 2 atom stereocenters.